The number of carboxylic acid groups (broad SMARTS) is 1. The Labute approximate surface area is 137 Å². The second kappa shape index (κ2) is 5.99. The van der Waals surface area contributed by atoms with Gasteiger partial charge in [-0.15, -0.1) is 0 Å². The molecule has 1 aliphatic rings. The Balaban J connectivity index is 2.36. The molecule has 0 spiro atoms. The maximum Gasteiger partial charge on any atom is 0.416 e. The van der Waals surface area contributed by atoms with Crippen LogP contribution in [0.4, 0.5) is 18.0 Å². The second-order valence-electron chi connectivity index (χ2n) is 6.65. The summed E-state index contributed by atoms with van der Waals surface area (Å²) in [6.07, 6.45) is -5.43. The molecular weight excluding hydrogens is 327 g/mol. The fourth-order valence-corrected chi connectivity index (χ4v) is 2.49. The fourth-order valence-electron chi connectivity index (χ4n) is 2.49. The number of rotatable bonds is 1. The molecule has 0 aromatic heterocycles. The largest absolute Gasteiger partial charge is 0.480 e. The lowest BCUT2D eigenvalue weighted by atomic mass is 9.92. The third kappa shape index (κ3) is 3.98. The zero-order valence-electron chi connectivity index (χ0n) is 13.5. The first-order valence-corrected chi connectivity index (χ1v) is 7.30. The van der Waals surface area contributed by atoms with E-state index >= 15 is 0 Å². The van der Waals surface area contributed by atoms with Crippen LogP contribution in [-0.2, 0) is 28.7 Å². The first kappa shape index (κ1) is 18.1. The molecule has 1 aliphatic heterocycles. The molecule has 0 saturated carbocycles. The minimum Gasteiger partial charge on any atom is -0.480 e. The van der Waals surface area contributed by atoms with Gasteiger partial charge in [-0.05, 0) is 44.0 Å². The van der Waals surface area contributed by atoms with Gasteiger partial charge in [0.05, 0.1) is 12.1 Å². The first-order valence-electron chi connectivity index (χ1n) is 7.30. The van der Waals surface area contributed by atoms with Gasteiger partial charge in [0, 0.05) is 6.42 Å². The fraction of sp³-hybridized carbons (Fsp3) is 0.500. The van der Waals surface area contributed by atoms with E-state index in [-0.39, 0.29) is 18.5 Å². The quantitative estimate of drug-likeness (QED) is 0.847. The lowest BCUT2D eigenvalue weighted by Gasteiger charge is -2.35. The van der Waals surface area contributed by atoms with Crippen LogP contribution in [0.3, 0.4) is 0 Å². The number of ether oxygens (including phenoxy) is 1. The van der Waals surface area contributed by atoms with Crippen molar-refractivity contribution < 1.29 is 32.6 Å². The van der Waals surface area contributed by atoms with E-state index in [0.717, 1.165) is 17.0 Å². The highest BCUT2D eigenvalue weighted by Crippen LogP contribution is 2.33. The standard InChI is InChI=1S/C16H18F3NO4/c1-15(2,3)24-14(23)20-8-10-6-11(16(17,18)19)5-4-9(10)7-12(20)13(21)22/h4-6,12H,7-8H2,1-3H3,(H,21,22). The zero-order valence-corrected chi connectivity index (χ0v) is 13.5. The van der Waals surface area contributed by atoms with Crippen molar-refractivity contribution in [1.29, 1.82) is 0 Å². The number of halogens is 3. The second-order valence-corrected chi connectivity index (χ2v) is 6.65. The van der Waals surface area contributed by atoms with Gasteiger partial charge in [-0.25, -0.2) is 9.59 Å². The van der Waals surface area contributed by atoms with Crippen molar-refractivity contribution in [3.63, 3.8) is 0 Å². The summed E-state index contributed by atoms with van der Waals surface area (Å²) in [6.45, 7) is 4.63. The number of amides is 1. The van der Waals surface area contributed by atoms with Crippen LogP contribution in [-0.4, -0.2) is 33.7 Å². The third-order valence-electron chi connectivity index (χ3n) is 3.58. The molecule has 1 aromatic rings. The number of carbonyl (C=O) groups excluding carboxylic acids is 1. The molecule has 0 bridgehead atoms. The van der Waals surface area contributed by atoms with E-state index in [9.17, 15) is 27.9 Å². The van der Waals surface area contributed by atoms with Crippen molar-refractivity contribution in [3.8, 4) is 0 Å². The van der Waals surface area contributed by atoms with Gasteiger partial charge in [0.2, 0.25) is 0 Å². The predicted octanol–water partition coefficient (Wildman–Crippen LogP) is 3.45. The molecule has 0 aliphatic carbocycles. The molecule has 1 heterocycles. The molecule has 132 valence electrons. The molecule has 1 amide bonds. The van der Waals surface area contributed by atoms with Gasteiger partial charge in [0.15, 0.2) is 0 Å². The topological polar surface area (TPSA) is 66.8 Å². The molecule has 1 aromatic carbocycles. The Morgan fingerprint density at radius 2 is 1.83 bits per heavy atom. The Morgan fingerprint density at radius 1 is 1.21 bits per heavy atom. The van der Waals surface area contributed by atoms with Crippen LogP contribution >= 0.6 is 0 Å². The monoisotopic (exact) mass is 345 g/mol. The maximum absolute atomic E-state index is 12.8. The molecule has 1 atom stereocenters. The molecule has 1 N–H and O–H groups in total. The number of benzene rings is 1. The minimum atomic E-state index is -4.50. The Kier molecular flexibility index (Phi) is 4.52. The number of fused-ring (bicyclic) bond motifs is 1. The van der Waals surface area contributed by atoms with E-state index in [1.807, 2.05) is 0 Å². The number of aliphatic carboxylic acids is 1. The normalized spacial score (nSPS) is 18.1. The van der Waals surface area contributed by atoms with Crippen LogP contribution in [0.5, 0.6) is 0 Å². The van der Waals surface area contributed by atoms with Crippen molar-refractivity contribution in [2.75, 3.05) is 0 Å². The summed E-state index contributed by atoms with van der Waals surface area (Å²) < 4.78 is 43.7. The number of hydrogen-bond donors (Lipinski definition) is 1. The summed E-state index contributed by atoms with van der Waals surface area (Å²) in [7, 11) is 0. The minimum absolute atomic E-state index is 0.0674. The molecule has 1 unspecified atom stereocenters. The van der Waals surface area contributed by atoms with Crippen LogP contribution < -0.4 is 0 Å². The third-order valence-corrected chi connectivity index (χ3v) is 3.58. The molecule has 0 radical (unpaired) electrons. The maximum atomic E-state index is 12.8. The van der Waals surface area contributed by atoms with E-state index in [1.165, 1.54) is 6.07 Å². The van der Waals surface area contributed by atoms with Gasteiger partial charge < -0.3 is 9.84 Å². The zero-order chi connectivity index (χ0) is 18.3. The number of carboxylic acids is 1. The van der Waals surface area contributed by atoms with Gasteiger partial charge in [0.25, 0.3) is 0 Å². The lowest BCUT2D eigenvalue weighted by molar-refractivity contribution is -0.144. The Hall–Kier alpha value is -2.25. The van der Waals surface area contributed by atoms with Crippen LogP contribution in [0.15, 0.2) is 18.2 Å². The van der Waals surface area contributed by atoms with Crippen molar-refractivity contribution >= 4 is 12.1 Å². The van der Waals surface area contributed by atoms with E-state index in [1.54, 1.807) is 20.8 Å². The number of nitrogens with zero attached hydrogens (tertiary/aromatic N) is 1. The van der Waals surface area contributed by atoms with Gasteiger partial charge in [-0.3, -0.25) is 4.90 Å². The van der Waals surface area contributed by atoms with E-state index in [2.05, 4.69) is 0 Å². The van der Waals surface area contributed by atoms with E-state index in [4.69, 9.17) is 4.74 Å². The van der Waals surface area contributed by atoms with Crippen molar-refractivity contribution in [1.82, 2.24) is 4.90 Å². The summed E-state index contributed by atoms with van der Waals surface area (Å²) in [5, 5.41) is 9.34. The van der Waals surface area contributed by atoms with Crippen molar-refractivity contribution in [3.05, 3.63) is 34.9 Å². The number of carbonyl (C=O) groups is 2. The molecule has 0 saturated heterocycles. The molecule has 24 heavy (non-hydrogen) atoms. The molecule has 2 rings (SSSR count). The SMILES string of the molecule is CC(C)(C)OC(=O)N1Cc2cc(C(F)(F)F)ccc2CC1C(=O)O. The lowest BCUT2D eigenvalue weighted by Crippen LogP contribution is -2.50. The van der Waals surface area contributed by atoms with Gasteiger partial charge in [-0.2, -0.15) is 13.2 Å². The molecule has 8 heteroatoms. The summed E-state index contributed by atoms with van der Waals surface area (Å²) in [5.41, 5.74) is -0.920. The molecule has 0 fully saturated rings. The van der Waals surface area contributed by atoms with E-state index in [0.29, 0.717) is 5.56 Å². The smallest absolute Gasteiger partial charge is 0.416 e. The highest BCUT2D eigenvalue weighted by molar-refractivity contribution is 5.81. The highest BCUT2D eigenvalue weighted by Gasteiger charge is 2.38. The average molecular weight is 345 g/mol. The summed E-state index contributed by atoms with van der Waals surface area (Å²) in [6, 6.07) is 1.95. The van der Waals surface area contributed by atoms with Gasteiger partial charge >= 0.3 is 18.2 Å². The van der Waals surface area contributed by atoms with E-state index < -0.39 is 35.4 Å². The summed E-state index contributed by atoms with van der Waals surface area (Å²) >= 11 is 0. The number of hydrogen-bond acceptors (Lipinski definition) is 3. The Morgan fingerprint density at radius 3 is 2.33 bits per heavy atom. The Bertz CT molecular complexity index is 664. The molecule has 5 nitrogen and oxygen atoms in total. The summed E-state index contributed by atoms with van der Waals surface area (Å²) in [5.74, 6) is -1.23. The van der Waals surface area contributed by atoms with Crippen LogP contribution in [0, 0.1) is 0 Å². The summed E-state index contributed by atoms with van der Waals surface area (Å²) in [4.78, 5) is 24.6. The van der Waals surface area contributed by atoms with Crippen LogP contribution in [0.2, 0.25) is 0 Å². The predicted molar refractivity (Wildman–Crippen MR) is 78.3 cm³/mol. The van der Waals surface area contributed by atoms with Crippen molar-refractivity contribution in [2.45, 2.75) is 51.6 Å². The highest BCUT2D eigenvalue weighted by atomic mass is 19.4. The first-order chi connectivity index (χ1) is 10.9. The van der Waals surface area contributed by atoms with Crippen LogP contribution in [0.25, 0.3) is 0 Å². The molecular formula is C16H18F3NO4. The van der Waals surface area contributed by atoms with Gasteiger partial charge in [0.1, 0.15) is 11.6 Å². The van der Waals surface area contributed by atoms with Crippen LogP contribution in [0.1, 0.15) is 37.5 Å². The average Bonchev–Trinajstić information content (AvgIpc) is 2.42. The van der Waals surface area contributed by atoms with Gasteiger partial charge in [-0.1, -0.05) is 6.07 Å². The van der Waals surface area contributed by atoms with Crippen molar-refractivity contribution in [2.24, 2.45) is 0 Å². The number of alkyl halides is 3.